The number of ether oxygens (including phenoxy) is 1. The van der Waals surface area contributed by atoms with Crippen LogP contribution in [0.1, 0.15) is 73.1 Å². The summed E-state index contributed by atoms with van der Waals surface area (Å²) in [5.74, 6) is 2.46. The van der Waals surface area contributed by atoms with Crippen molar-refractivity contribution < 1.29 is 9.53 Å². The number of hydrogen-bond acceptors (Lipinski definition) is 5. The minimum Gasteiger partial charge on any atom is -0.493 e. The van der Waals surface area contributed by atoms with E-state index in [1.807, 2.05) is 0 Å². The van der Waals surface area contributed by atoms with E-state index in [1.165, 1.54) is 36.3 Å². The van der Waals surface area contributed by atoms with Gasteiger partial charge in [-0.25, -0.2) is 0 Å². The molecule has 2 atom stereocenters. The molecule has 0 bridgehead atoms. The first-order valence-corrected chi connectivity index (χ1v) is 12.7. The number of nitrogens with one attached hydrogen (secondary N) is 1. The van der Waals surface area contributed by atoms with E-state index in [4.69, 9.17) is 9.73 Å². The van der Waals surface area contributed by atoms with Crippen molar-refractivity contribution in [1.82, 2.24) is 0 Å². The maximum absolute atomic E-state index is 11.8. The highest BCUT2D eigenvalue weighted by Crippen LogP contribution is 2.43. The number of allylic oxidation sites excluding steroid dienone is 2. The first-order chi connectivity index (χ1) is 14.8. The maximum atomic E-state index is 11.8. The Morgan fingerprint density at radius 3 is 2.65 bits per heavy atom. The van der Waals surface area contributed by atoms with E-state index in [-0.39, 0.29) is 17.2 Å². The number of ketones is 1. The molecule has 1 aromatic rings. The van der Waals surface area contributed by atoms with Gasteiger partial charge in [0.15, 0.2) is 5.78 Å². The van der Waals surface area contributed by atoms with Crippen LogP contribution in [-0.4, -0.2) is 29.9 Å². The number of nitrogens with zero attached hydrogens (tertiary/aromatic N) is 1. The van der Waals surface area contributed by atoms with Gasteiger partial charge in [0.1, 0.15) is 11.8 Å². The lowest BCUT2D eigenvalue weighted by Crippen LogP contribution is -2.33. The van der Waals surface area contributed by atoms with Gasteiger partial charge in [0.2, 0.25) is 0 Å². The fourth-order valence-electron chi connectivity index (χ4n) is 4.22. The largest absolute Gasteiger partial charge is 0.493 e. The zero-order valence-corrected chi connectivity index (χ0v) is 20.6. The topological polar surface area (TPSA) is 50.7 Å². The Balaban J connectivity index is 1.68. The number of unbranched alkanes of at least 4 members (excludes halogenated alkanes) is 1. The molecule has 2 unspecified atom stereocenters. The van der Waals surface area contributed by atoms with E-state index in [2.05, 4.69) is 57.3 Å². The van der Waals surface area contributed by atoms with Crippen LogP contribution in [0.5, 0.6) is 5.75 Å². The van der Waals surface area contributed by atoms with Crippen molar-refractivity contribution >= 4 is 28.9 Å². The van der Waals surface area contributed by atoms with Crippen molar-refractivity contribution in [1.29, 1.82) is 0 Å². The number of Topliss-reactive ketones (excluding diaryl/α,β-unsaturated/α-hetero) is 1. The summed E-state index contributed by atoms with van der Waals surface area (Å²) in [4.78, 5) is 17.9. The van der Waals surface area contributed by atoms with Crippen molar-refractivity contribution in [2.75, 3.05) is 17.7 Å². The van der Waals surface area contributed by atoms with Crippen molar-refractivity contribution in [3.63, 3.8) is 0 Å². The number of carbonyl (C=O) groups is 1. The van der Waals surface area contributed by atoms with Crippen LogP contribution in [0.15, 0.2) is 39.9 Å². The Hall–Kier alpha value is -1.75. The minimum atomic E-state index is -0.195. The molecule has 1 N–H and O–H groups in total. The number of carbonyl (C=O) groups excluding carboxylic acids is 1. The van der Waals surface area contributed by atoms with E-state index in [0.29, 0.717) is 5.92 Å². The van der Waals surface area contributed by atoms with Crippen LogP contribution in [-0.2, 0) is 4.79 Å². The second-order valence-electron chi connectivity index (χ2n) is 9.72. The molecule has 0 aromatic heterocycles. The molecule has 3 rings (SSSR count). The average molecular weight is 443 g/mol. The predicted octanol–water partition coefficient (Wildman–Crippen LogP) is 6.87. The van der Waals surface area contributed by atoms with Gasteiger partial charge in [-0.1, -0.05) is 47.0 Å². The third-order valence-corrected chi connectivity index (χ3v) is 7.44. The molecule has 0 amide bonds. The highest BCUT2D eigenvalue weighted by Gasteiger charge is 2.35. The highest BCUT2D eigenvalue weighted by atomic mass is 32.2. The van der Waals surface area contributed by atoms with Crippen molar-refractivity contribution in [2.45, 2.75) is 79.2 Å². The molecule has 0 saturated carbocycles. The number of aliphatic imine (C=N–C) groups is 1. The van der Waals surface area contributed by atoms with Gasteiger partial charge in [0.25, 0.3) is 0 Å². The summed E-state index contributed by atoms with van der Waals surface area (Å²) >= 11 is 1.78. The molecule has 0 radical (unpaired) electrons. The second kappa shape index (κ2) is 10.7. The number of thioether (sulfide) groups is 1. The smallest absolute Gasteiger partial charge is 0.155 e. The molecule has 1 aromatic carbocycles. The van der Waals surface area contributed by atoms with Crippen LogP contribution in [0.4, 0.5) is 5.69 Å². The molecule has 2 aliphatic rings. The van der Waals surface area contributed by atoms with Crippen LogP contribution < -0.4 is 10.1 Å². The number of benzene rings is 1. The van der Waals surface area contributed by atoms with Crippen molar-refractivity contribution in [2.24, 2.45) is 16.3 Å². The van der Waals surface area contributed by atoms with E-state index in [0.717, 1.165) is 42.3 Å². The Bertz CT molecular complexity index is 826. The molecule has 1 heterocycles. The van der Waals surface area contributed by atoms with Crippen LogP contribution in [0.25, 0.3) is 0 Å². The third kappa shape index (κ3) is 6.61. The molecule has 0 fully saturated rings. The average Bonchev–Trinajstić information content (AvgIpc) is 2.73. The minimum absolute atomic E-state index is 0.126. The number of fused-ring (bicyclic) bond motifs is 1. The molecule has 1 aliphatic heterocycles. The molecule has 170 valence electrons. The molecule has 4 nitrogen and oxygen atoms in total. The van der Waals surface area contributed by atoms with Gasteiger partial charge in [-0.3, -0.25) is 9.79 Å². The van der Waals surface area contributed by atoms with Gasteiger partial charge in [-0.15, -0.1) is 11.8 Å². The lowest BCUT2D eigenvalue weighted by Gasteiger charge is -2.36. The summed E-state index contributed by atoms with van der Waals surface area (Å²) in [6.45, 7) is 11.5. The molecule has 1 aliphatic carbocycles. The normalized spacial score (nSPS) is 21.2. The van der Waals surface area contributed by atoms with Gasteiger partial charge >= 0.3 is 0 Å². The fraction of sp³-hybridized carbons (Fsp3) is 0.615. The summed E-state index contributed by atoms with van der Waals surface area (Å²) in [6.07, 6.45) is 6.82. The van der Waals surface area contributed by atoms with Crippen molar-refractivity contribution in [3.05, 3.63) is 34.9 Å². The molecular weight excluding hydrogens is 404 g/mol. The first-order valence-electron chi connectivity index (χ1n) is 11.7. The standard InChI is InChI=1S/C26H38N2O2S/c1-6-8-9-19(7-2)16-30-21-12-10-20(11-13-21)27-22-14-26(4,5)15-23-25(22)31-17-24(28-23)18(3)29/h10-13,19,24,27H,6-9,14-17H2,1-5H3. The monoisotopic (exact) mass is 442 g/mol. The van der Waals surface area contributed by atoms with Crippen LogP contribution in [0.3, 0.4) is 0 Å². The fourth-order valence-corrected chi connectivity index (χ4v) is 5.44. The van der Waals surface area contributed by atoms with Gasteiger partial charge in [-0.05, 0) is 61.8 Å². The Morgan fingerprint density at radius 1 is 1.26 bits per heavy atom. The molecule has 5 heteroatoms. The zero-order valence-electron chi connectivity index (χ0n) is 19.8. The molecule has 0 spiro atoms. The van der Waals surface area contributed by atoms with Gasteiger partial charge in [0, 0.05) is 22.0 Å². The van der Waals surface area contributed by atoms with Crippen molar-refractivity contribution in [3.8, 4) is 5.75 Å². The van der Waals surface area contributed by atoms with Crippen LogP contribution in [0.2, 0.25) is 0 Å². The van der Waals surface area contributed by atoms with E-state index < -0.39 is 0 Å². The maximum Gasteiger partial charge on any atom is 0.155 e. The Morgan fingerprint density at radius 2 is 2.00 bits per heavy atom. The summed E-state index contributed by atoms with van der Waals surface area (Å²) < 4.78 is 6.06. The highest BCUT2D eigenvalue weighted by molar-refractivity contribution is 8.04. The Labute approximate surface area is 192 Å². The SMILES string of the molecule is CCCCC(CC)COc1ccc(NC2=C3SCC(C(C)=O)N=C3CC(C)(C)C2)cc1. The predicted molar refractivity (Wildman–Crippen MR) is 133 cm³/mol. The summed E-state index contributed by atoms with van der Waals surface area (Å²) in [7, 11) is 0. The molecule has 31 heavy (non-hydrogen) atoms. The zero-order chi connectivity index (χ0) is 22.4. The molecular formula is C26H38N2O2S. The molecule has 0 saturated heterocycles. The Kier molecular flexibility index (Phi) is 8.26. The lowest BCUT2D eigenvalue weighted by molar-refractivity contribution is -0.117. The van der Waals surface area contributed by atoms with E-state index in [9.17, 15) is 4.79 Å². The quantitative estimate of drug-likeness (QED) is 0.429. The van der Waals surface area contributed by atoms with Gasteiger partial charge in [-0.2, -0.15) is 0 Å². The van der Waals surface area contributed by atoms with Gasteiger partial charge in [0.05, 0.1) is 12.3 Å². The lowest BCUT2D eigenvalue weighted by atomic mass is 9.78. The summed E-state index contributed by atoms with van der Waals surface area (Å²) in [6, 6.07) is 8.12. The first kappa shape index (κ1) is 23.9. The van der Waals surface area contributed by atoms with Crippen LogP contribution >= 0.6 is 11.8 Å². The van der Waals surface area contributed by atoms with Crippen LogP contribution in [0, 0.1) is 11.3 Å². The summed E-state index contributed by atoms with van der Waals surface area (Å²) in [5.41, 5.74) is 3.51. The second-order valence-corrected chi connectivity index (χ2v) is 10.7. The van der Waals surface area contributed by atoms with E-state index in [1.54, 1.807) is 18.7 Å². The van der Waals surface area contributed by atoms with Gasteiger partial charge < -0.3 is 10.1 Å². The van der Waals surface area contributed by atoms with E-state index >= 15 is 0 Å². The summed E-state index contributed by atoms with van der Waals surface area (Å²) in [5, 5.41) is 3.65. The third-order valence-electron chi connectivity index (χ3n) is 6.18. The number of anilines is 1. The number of rotatable bonds is 10. The number of hydrogen-bond donors (Lipinski definition) is 1.